The Morgan fingerprint density at radius 2 is 1.39 bits per heavy atom. The lowest BCUT2D eigenvalue weighted by Crippen LogP contribution is -2.49. The van der Waals surface area contributed by atoms with Crippen LogP contribution < -0.4 is 10.6 Å². The summed E-state index contributed by atoms with van der Waals surface area (Å²) in [5.41, 5.74) is 3.09. The van der Waals surface area contributed by atoms with Crippen LogP contribution in [-0.2, 0) is 17.8 Å². The molecule has 36 heavy (non-hydrogen) atoms. The molecule has 1 saturated heterocycles. The molecule has 0 saturated carbocycles. The van der Waals surface area contributed by atoms with E-state index < -0.39 is 17.9 Å². The Bertz CT molecular complexity index is 1160. The van der Waals surface area contributed by atoms with Gasteiger partial charge in [-0.15, -0.1) is 0 Å². The lowest BCUT2D eigenvalue weighted by atomic mass is 10.0. The van der Waals surface area contributed by atoms with Crippen molar-refractivity contribution < 1.29 is 19.5 Å². The van der Waals surface area contributed by atoms with Crippen LogP contribution in [0, 0.1) is 0 Å². The first-order chi connectivity index (χ1) is 17.5. The summed E-state index contributed by atoms with van der Waals surface area (Å²) >= 11 is 0. The van der Waals surface area contributed by atoms with Gasteiger partial charge in [-0.2, -0.15) is 0 Å². The Labute approximate surface area is 210 Å². The van der Waals surface area contributed by atoms with Gasteiger partial charge in [-0.25, -0.2) is 9.59 Å². The van der Waals surface area contributed by atoms with Gasteiger partial charge in [0.05, 0.1) is 0 Å². The number of hydrogen-bond donors (Lipinski definition) is 3. The second kappa shape index (κ2) is 12.0. The summed E-state index contributed by atoms with van der Waals surface area (Å²) in [5.74, 6) is -1.48. The van der Waals surface area contributed by atoms with Crippen LogP contribution in [0.2, 0.25) is 0 Å². The Morgan fingerprint density at radius 3 is 2.00 bits per heavy atom. The van der Waals surface area contributed by atoms with E-state index in [0.717, 1.165) is 29.9 Å². The van der Waals surface area contributed by atoms with E-state index in [9.17, 15) is 19.5 Å². The van der Waals surface area contributed by atoms with E-state index in [-0.39, 0.29) is 12.5 Å². The van der Waals surface area contributed by atoms with E-state index in [4.69, 9.17) is 0 Å². The summed E-state index contributed by atoms with van der Waals surface area (Å²) < 4.78 is 0. The van der Waals surface area contributed by atoms with Crippen LogP contribution in [0.15, 0.2) is 84.9 Å². The van der Waals surface area contributed by atoms with E-state index in [2.05, 4.69) is 15.5 Å². The summed E-state index contributed by atoms with van der Waals surface area (Å²) in [4.78, 5) is 40.9. The van der Waals surface area contributed by atoms with Gasteiger partial charge in [0.25, 0.3) is 5.91 Å². The third kappa shape index (κ3) is 6.93. The van der Waals surface area contributed by atoms with Gasteiger partial charge < -0.3 is 20.6 Å². The van der Waals surface area contributed by atoms with Crippen LogP contribution in [0.25, 0.3) is 0 Å². The van der Waals surface area contributed by atoms with Crippen LogP contribution in [0.5, 0.6) is 0 Å². The molecule has 8 heteroatoms. The quantitative estimate of drug-likeness (QED) is 0.453. The normalized spacial score (nSPS) is 14.6. The molecule has 3 N–H and O–H groups in total. The smallest absolute Gasteiger partial charge is 0.326 e. The Kier molecular flexibility index (Phi) is 8.31. The van der Waals surface area contributed by atoms with Gasteiger partial charge in [-0.05, 0) is 35.4 Å². The number of carboxylic acids is 1. The average molecular weight is 487 g/mol. The number of aliphatic carboxylic acids is 1. The molecule has 3 amide bonds. The fourth-order valence-electron chi connectivity index (χ4n) is 4.14. The maximum Gasteiger partial charge on any atom is 0.326 e. The fraction of sp³-hybridized carbons (Fsp3) is 0.250. The van der Waals surface area contributed by atoms with E-state index in [1.54, 1.807) is 12.1 Å². The number of amides is 3. The van der Waals surface area contributed by atoms with E-state index >= 15 is 0 Å². The summed E-state index contributed by atoms with van der Waals surface area (Å²) in [6.07, 6.45) is 0.218. The zero-order chi connectivity index (χ0) is 25.3. The predicted octanol–water partition coefficient (Wildman–Crippen LogP) is 3.46. The molecular weight excluding hydrogens is 456 g/mol. The van der Waals surface area contributed by atoms with Gasteiger partial charge in [0.1, 0.15) is 6.04 Å². The Balaban J connectivity index is 1.25. The molecule has 0 spiro atoms. The van der Waals surface area contributed by atoms with Crippen molar-refractivity contribution in [1.29, 1.82) is 0 Å². The number of nitrogens with one attached hydrogen (secondary N) is 2. The average Bonchev–Trinajstić information content (AvgIpc) is 2.90. The lowest BCUT2D eigenvalue weighted by molar-refractivity contribution is -0.139. The minimum atomic E-state index is -1.07. The number of piperazine rings is 1. The van der Waals surface area contributed by atoms with Crippen molar-refractivity contribution in [3.05, 3.63) is 102 Å². The second-order valence-corrected chi connectivity index (χ2v) is 8.81. The number of carbonyl (C=O) groups is 3. The third-order valence-corrected chi connectivity index (χ3v) is 6.19. The maximum absolute atomic E-state index is 12.7. The molecule has 4 rings (SSSR count). The highest BCUT2D eigenvalue weighted by Crippen LogP contribution is 2.13. The predicted molar refractivity (Wildman–Crippen MR) is 138 cm³/mol. The van der Waals surface area contributed by atoms with E-state index in [0.29, 0.717) is 25.2 Å². The number of anilines is 1. The van der Waals surface area contributed by atoms with Gasteiger partial charge in [-0.3, -0.25) is 9.69 Å². The van der Waals surface area contributed by atoms with E-state index in [1.165, 1.54) is 0 Å². The van der Waals surface area contributed by atoms with Gasteiger partial charge >= 0.3 is 12.0 Å². The SMILES string of the molecule is O=C(N[C@@H](Cc1ccccc1)C(=O)O)c1ccc(CN2CCN(C(=O)Nc3ccccc3)CC2)cc1. The Morgan fingerprint density at radius 1 is 0.778 bits per heavy atom. The number of urea groups is 1. The maximum atomic E-state index is 12.7. The van der Waals surface area contributed by atoms with Crippen LogP contribution in [0.4, 0.5) is 10.5 Å². The van der Waals surface area contributed by atoms with Crippen molar-refractivity contribution in [3.63, 3.8) is 0 Å². The van der Waals surface area contributed by atoms with Crippen molar-refractivity contribution in [2.45, 2.75) is 19.0 Å². The molecule has 1 fully saturated rings. The molecule has 186 valence electrons. The number of carboxylic acid groups (broad SMARTS) is 1. The standard InChI is InChI=1S/C28H30N4O4/c33-26(30-25(27(34)35)19-21-7-3-1-4-8-21)23-13-11-22(12-14-23)20-31-15-17-32(18-16-31)28(36)29-24-9-5-2-6-10-24/h1-14,25H,15-20H2,(H,29,36)(H,30,33)(H,34,35)/t25-/m0/s1. The fourth-order valence-corrected chi connectivity index (χ4v) is 4.14. The molecule has 3 aromatic carbocycles. The first-order valence-electron chi connectivity index (χ1n) is 12.0. The topological polar surface area (TPSA) is 102 Å². The van der Waals surface area contributed by atoms with Crippen molar-refractivity contribution >= 4 is 23.6 Å². The van der Waals surface area contributed by atoms with Crippen molar-refractivity contribution in [2.75, 3.05) is 31.5 Å². The zero-order valence-electron chi connectivity index (χ0n) is 20.0. The van der Waals surface area contributed by atoms with Crippen LogP contribution >= 0.6 is 0 Å². The highest BCUT2D eigenvalue weighted by Gasteiger charge is 2.23. The first-order valence-corrected chi connectivity index (χ1v) is 12.0. The molecule has 0 unspecified atom stereocenters. The van der Waals surface area contributed by atoms with Crippen LogP contribution in [-0.4, -0.2) is 65.0 Å². The van der Waals surface area contributed by atoms with E-state index in [1.807, 2.05) is 77.7 Å². The second-order valence-electron chi connectivity index (χ2n) is 8.81. The molecule has 0 radical (unpaired) electrons. The molecule has 0 aliphatic carbocycles. The van der Waals surface area contributed by atoms with Crippen LogP contribution in [0.1, 0.15) is 21.5 Å². The number of hydrogen-bond acceptors (Lipinski definition) is 4. The summed E-state index contributed by atoms with van der Waals surface area (Å²) in [5, 5.41) is 15.1. The largest absolute Gasteiger partial charge is 0.480 e. The molecule has 1 heterocycles. The molecule has 8 nitrogen and oxygen atoms in total. The van der Waals surface area contributed by atoms with Gasteiger partial charge in [0, 0.05) is 50.4 Å². The molecular formula is C28H30N4O4. The van der Waals surface area contributed by atoms with Crippen molar-refractivity contribution in [3.8, 4) is 0 Å². The van der Waals surface area contributed by atoms with Crippen LogP contribution in [0.3, 0.4) is 0 Å². The molecule has 3 aromatic rings. The number of benzene rings is 3. The third-order valence-electron chi connectivity index (χ3n) is 6.19. The Hall–Kier alpha value is -4.17. The summed E-state index contributed by atoms with van der Waals surface area (Å²) in [6.45, 7) is 3.49. The number of nitrogens with zero attached hydrogens (tertiary/aromatic N) is 2. The summed E-state index contributed by atoms with van der Waals surface area (Å²) in [7, 11) is 0. The summed E-state index contributed by atoms with van der Waals surface area (Å²) in [6, 6.07) is 24.7. The number of para-hydroxylation sites is 1. The molecule has 1 aliphatic rings. The number of rotatable bonds is 8. The highest BCUT2D eigenvalue weighted by molar-refractivity contribution is 5.96. The van der Waals surface area contributed by atoms with Crippen molar-refractivity contribution in [1.82, 2.24) is 15.1 Å². The minimum absolute atomic E-state index is 0.0943. The zero-order valence-corrected chi connectivity index (χ0v) is 20.0. The molecule has 0 aromatic heterocycles. The molecule has 1 aliphatic heterocycles. The first kappa shape index (κ1) is 24.9. The molecule has 1 atom stereocenters. The lowest BCUT2D eigenvalue weighted by Gasteiger charge is -2.34. The highest BCUT2D eigenvalue weighted by atomic mass is 16.4. The van der Waals surface area contributed by atoms with Gasteiger partial charge in [-0.1, -0.05) is 60.7 Å². The molecule has 0 bridgehead atoms. The number of carbonyl (C=O) groups excluding carboxylic acids is 2. The monoisotopic (exact) mass is 486 g/mol. The van der Waals surface area contributed by atoms with Crippen molar-refractivity contribution in [2.24, 2.45) is 0 Å². The van der Waals surface area contributed by atoms with Gasteiger partial charge in [0.15, 0.2) is 0 Å². The minimum Gasteiger partial charge on any atom is -0.480 e. The van der Waals surface area contributed by atoms with Gasteiger partial charge in [0.2, 0.25) is 0 Å².